The van der Waals surface area contributed by atoms with Gasteiger partial charge in [-0.2, -0.15) is 0 Å². The Balaban J connectivity index is 0.000000293. The van der Waals surface area contributed by atoms with Gasteiger partial charge >= 0.3 is 0 Å². The highest BCUT2D eigenvalue weighted by Gasteiger charge is 2.26. The summed E-state index contributed by atoms with van der Waals surface area (Å²) in [6.45, 7) is 1.44. The number of alkyl halides is 1. The van der Waals surface area contributed by atoms with Gasteiger partial charge in [0.15, 0.2) is 0 Å². The van der Waals surface area contributed by atoms with Crippen molar-refractivity contribution in [3.8, 4) is 0 Å². The summed E-state index contributed by atoms with van der Waals surface area (Å²) < 4.78 is 0. The Hall–Kier alpha value is -0.300. The van der Waals surface area contributed by atoms with Gasteiger partial charge in [-0.3, -0.25) is 0 Å². The summed E-state index contributed by atoms with van der Waals surface area (Å²) in [5.74, 6) is 0.861. The van der Waals surface area contributed by atoms with Crippen LogP contribution in [0.1, 0.15) is 45.4 Å². The van der Waals surface area contributed by atoms with Gasteiger partial charge in [-0.1, -0.05) is 18.1 Å². The lowest BCUT2D eigenvalue weighted by molar-refractivity contribution is -0.106. The number of aldehydes is 1. The third kappa shape index (κ3) is 3.13. The second-order valence-electron chi connectivity index (χ2n) is 3.97. The van der Waals surface area contributed by atoms with Gasteiger partial charge < -0.3 is 4.79 Å². The number of rotatable bonds is 0. The summed E-state index contributed by atoms with van der Waals surface area (Å²) in [6, 6.07) is 0. The number of hydrogen-bond donors (Lipinski definition) is 0. The number of carbonyl (C=O) groups is 1. The molecule has 0 saturated heterocycles. The van der Waals surface area contributed by atoms with Gasteiger partial charge in [0.2, 0.25) is 0 Å². The van der Waals surface area contributed by atoms with Crippen LogP contribution in [-0.4, -0.2) is 11.7 Å². The summed E-state index contributed by atoms with van der Waals surface area (Å²) in [5.41, 5.74) is 1.57. The normalized spacial score (nSPS) is 30.6. The fraction of sp³-hybridized carbons (Fsp3) is 0.750. The monoisotopic (exact) mass is 214 g/mol. The minimum atomic E-state index is 0.383. The van der Waals surface area contributed by atoms with E-state index in [4.69, 9.17) is 16.4 Å². The van der Waals surface area contributed by atoms with Gasteiger partial charge in [-0.25, -0.2) is 0 Å². The molecule has 2 aliphatic carbocycles. The summed E-state index contributed by atoms with van der Waals surface area (Å²) in [5, 5.41) is 0.383. The maximum atomic E-state index is 8.81. The number of fused-ring (bicyclic) bond motifs is 1. The predicted molar refractivity (Wildman–Crippen MR) is 60.7 cm³/mol. The molecule has 1 saturated carbocycles. The number of halogens is 1. The zero-order chi connectivity index (χ0) is 10.4. The van der Waals surface area contributed by atoms with E-state index in [0.717, 1.165) is 12.2 Å². The van der Waals surface area contributed by atoms with Crippen molar-refractivity contribution in [1.29, 1.82) is 0 Å². The molecule has 0 heterocycles. The zero-order valence-corrected chi connectivity index (χ0v) is 9.59. The van der Waals surface area contributed by atoms with Crippen LogP contribution in [0, 0.1) is 5.92 Å². The van der Waals surface area contributed by atoms with Gasteiger partial charge in [0.25, 0.3) is 0 Å². The third-order valence-electron chi connectivity index (χ3n) is 2.98. The third-order valence-corrected chi connectivity index (χ3v) is 3.45. The van der Waals surface area contributed by atoms with E-state index in [1.807, 2.05) is 0 Å². The van der Waals surface area contributed by atoms with E-state index >= 15 is 0 Å². The van der Waals surface area contributed by atoms with Crippen molar-refractivity contribution in [2.24, 2.45) is 5.92 Å². The van der Waals surface area contributed by atoms with E-state index in [9.17, 15) is 0 Å². The average molecular weight is 215 g/mol. The van der Waals surface area contributed by atoms with Crippen molar-refractivity contribution in [2.75, 3.05) is 0 Å². The molecule has 0 aromatic carbocycles. The van der Waals surface area contributed by atoms with Crippen LogP contribution in [0.3, 0.4) is 0 Å². The Morgan fingerprint density at radius 2 is 2.00 bits per heavy atom. The molecule has 14 heavy (non-hydrogen) atoms. The van der Waals surface area contributed by atoms with E-state index < -0.39 is 0 Å². The molecule has 0 aromatic rings. The van der Waals surface area contributed by atoms with Gasteiger partial charge in [-0.05, 0) is 44.9 Å². The Kier molecular flexibility index (Phi) is 5.24. The molecule has 0 bridgehead atoms. The fourth-order valence-corrected chi connectivity index (χ4v) is 2.79. The minimum absolute atomic E-state index is 0.383. The lowest BCUT2D eigenvalue weighted by Gasteiger charge is -2.32. The summed E-state index contributed by atoms with van der Waals surface area (Å²) >= 11 is 6.22. The highest BCUT2D eigenvalue weighted by atomic mass is 35.5. The van der Waals surface area contributed by atoms with Crippen molar-refractivity contribution >= 4 is 17.9 Å². The molecule has 2 heteroatoms. The first-order chi connectivity index (χ1) is 6.79. The Morgan fingerprint density at radius 3 is 2.64 bits per heavy atom. The van der Waals surface area contributed by atoms with Crippen molar-refractivity contribution < 1.29 is 4.79 Å². The van der Waals surface area contributed by atoms with Gasteiger partial charge in [0.05, 0.1) is 5.38 Å². The van der Waals surface area contributed by atoms with Crippen LogP contribution < -0.4 is 0 Å². The zero-order valence-electron chi connectivity index (χ0n) is 8.84. The first-order valence-corrected chi connectivity index (χ1v) is 5.97. The van der Waals surface area contributed by atoms with Crippen LogP contribution in [0.25, 0.3) is 0 Å². The lowest BCUT2D eigenvalue weighted by Crippen LogP contribution is -2.21. The number of allylic oxidation sites excluding steroid dienone is 2. The Labute approximate surface area is 91.5 Å². The van der Waals surface area contributed by atoms with Crippen molar-refractivity contribution in [1.82, 2.24) is 0 Å². The lowest BCUT2D eigenvalue weighted by atomic mass is 9.77. The molecule has 0 radical (unpaired) electrons. The topological polar surface area (TPSA) is 17.1 Å². The van der Waals surface area contributed by atoms with Crippen molar-refractivity contribution in [3.05, 3.63) is 11.6 Å². The molecule has 1 fully saturated rings. The molecular weight excluding hydrogens is 196 g/mol. The molecule has 0 aliphatic heterocycles. The summed E-state index contributed by atoms with van der Waals surface area (Å²) in [6.07, 6.45) is 11.2. The van der Waals surface area contributed by atoms with E-state index in [-0.39, 0.29) is 0 Å². The number of carbonyl (C=O) groups excluding carboxylic acids is 1. The van der Waals surface area contributed by atoms with Gasteiger partial charge in [-0.15, -0.1) is 11.6 Å². The first kappa shape index (κ1) is 11.8. The minimum Gasteiger partial charge on any atom is -0.304 e. The molecule has 2 unspecified atom stereocenters. The van der Waals surface area contributed by atoms with E-state index in [1.165, 1.54) is 45.4 Å². The van der Waals surface area contributed by atoms with Crippen molar-refractivity contribution in [3.63, 3.8) is 0 Å². The molecular formula is C12H19ClO. The molecule has 80 valence electrons. The quantitative estimate of drug-likeness (QED) is 0.341. The first-order valence-electron chi connectivity index (χ1n) is 5.53. The second-order valence-corrected chi connectivity index (χ2v) is 4.49. The number of hydrogen-bond acceptors (Lipinski definition) is 1. The summed E-state index contributed by atoms with van der Waals surface area (Å²) in [7, 11) is 0. The highest BCUT2D eigenvalue weighted by Crippen LogP contribution is 2.38. The van der Waals surface area contributed by atoms with Crippen LogP contribution in [0.4, 0.5) is 0 Å². The molecule has 0 aromatic heterocycles. The average Bonchev–Trinajstić information content (AvgIpc) is 2.20. The van der Waals surface area contributed by atoms with Crippen LogP contribution in [0.5, 0.6) is 0 Å². The highest BCUT2D eigenvalue weighted by molar-refractivity contribution is 6.22. The van der Waals surface area contributed by atoms with E-state index in [1.54, 1.807) is 5.57 Å². The molecule has 0 spiro atoms. The smallest absolute Gasteiger partial charge is 0.116 e. The molecule has 2 aliphatic rings. The molecule has 1 nitrogen and oxygen atoms in total. The standard InChI is InChI=1S/C10H15Cl.C2H4O/c11-10-7-3-5-8-4-1-2-6-9(8)10;1-2-3/h6,8,10H,1-5,7H2;2H,1H3. The van der Waals surface area contributed by atoms with Crippen molar-refractivity contribution in [2.45, 2.75) is 50.8 Å². The van der Waals surface area contributed by atoms with Crippen LogP contribution in [0.2, 0.25) is 0 Å². The second kappa shape index (κ2) is 6.23. The SMILES string of the molecule is CC=O.ClC1CCCC2CCCC=C12. The molecule has 0 amide bonds. The maximum Gasteiger partial charge on any atom is 0.116 e. The van der Waals surface area contributed by atoms with Crippen LogP contribution in [-0.2, 0) is 4.79 Å². The maximum absolute atomic E-state index is 8.81. The largest absolute Gasteiger partial charge is 0.304 e. The van der Waals surface area contributed by atoms with Crippen LogP contribution in [0.15, 0.2) is 11.6 Å². The van der Waals surface area contributed by atoms with Crippen LogP contribution >= 0.6 is 11.6 Å². The van der Waals surface area contributed by atoms with E-state index in [0.29, 0.717) is 5.38 Å². The fourth-order valence-electron chi connectivity index (χ4n) is 2.37. The summed E-state index contributed by atoms with van der Waals surface area (Å²) in [4.78, 5) is 8.81. The Morgan fingerprint density at radius 1 is 1.36 bits per heavy atom. The Bertz CT molecular complexity index is 210. The molecule has 2 atom stereocenters. The van der Waals surface area contributed by atoms with Gasteiger partial charge in [0, 0.05) is 0 Å². The predicted octanol–water partition coefficient (Wildman–Crippen LogP) is 3.71. The van der Waals surface area contributed by atoms with Gasteiger partial charge in [0.1, 0.15) is 6.29 Å². The molecule has 2 rings (SSSR count). The molecule has 0 N–H and O–H groups in total. The van der Waals surface area contributed by atoms with E-state index in [2.05, 4.69) is 6.08 Å².